The van der Waals surface area contributed by atoms with E-state index in [0.29, 0.717) is 0 Å². The van der Waals surface area contributed by atoms with E-state index in [9.17, 15) is 0 Å². The SMILES string of the molecule is CC(C)C1CCC(NCC(C)(C)N(C)C)CC1. The van der Waals surface area contributed by atoms with Gasteiger partial charge in [-0.1, -0.05) is 13.8 Å². The molecule has 0 heterocycles. The molecule has 0 aromatic carbocycles. The third-order valence-corrected chi connectivity index (χ3v) is 4.75. The lowest BCUT2D eigenvalue weighted by Gasteiger charge is -2.37. The maximum atomic E-state index is 3.76. The van der Waals surface area contributed by atoms with E-state index in [1.807, 2.05) is 0 Å². The Balaban J connectivity index is 2.27. The zero-order chi connectivity index (χ0) is 13.1. The molecule has 2 heteroatoms. The maximum absolute atomic E-state index is 3.76. The molecule has 0 bridgehead atoms. The van der Waals surface area contributed by atoms with Gasteiger partial charge in [0.05, 0.1) is 0 Å². The molecule has 1 aliphatic rings. The summed E-state index contributed by atoms with van der Waals surface area (Å²) in [5.74, 6) is 1.84. The second-order valence-corrected chi connectivity index (χ2v) is 6.94. The molecule has 1 aliphatic carbocycles. The van der Waals surface area contributed by atoms with E-state index < -0.39 is 0 Å². The molecule has 0 unspecified atom stereocenters. The van der Waals surface area contributed by atoms with Gasteiger partial charge in [0.15, 0.2) is 0 Å². The van der Waals surface area contributed by atoms with Crippen molar-refractivity contribution in [2.45, 2.75) is 65.0 Å². The summed E-state index contributed by atoms with van der Waals surface area (Å²) in [5, 5.41) is 3.76. The largest absolute Gasteiger partial charge is 0.312 e. The first kappa shape index (κ1) is 15.0. The lowest BCUT2D eigenvalue weighted by Crippen LogP contribution is -2.49. The van der Waals surface area contributed by atoms with E-state index in [1.165, 1.54) is 25.7 Å². The van der Waals surface area contributed by atoms with Gasteiger partial charge < -0.3 is 10.2 Å². The Bertz CT molecular complexity index is 213. The van der Waals surface area contributed by atoms with Crippen molar-refractivity contribution in [2.24, 2.45) is 11.8 Å². The van der Waals surface area contributed by atoms with E-state index in [4.69, 9.17) is 0 Å². The minimum Gasteiger partial charge on any atom is -0.312 e. The molecule has 0 saturated heterocycles. The zero-order valence-corrected chi connectivity index (χ0v) is 12.7. The summed E-state index contributed by atoms with van der Waals surface area (Å²) in [6.45, 7) is 10.4. The molecule has 0 aromatic rings. The van der Waals surface area contributed by atoms with Crippen LogP contribution in [-0.2, 0) is 0 Å². The Hall–Kier alpha value is -0.0800. The Morgan fingerprint density at radius 3 is 2.06 bits per heavy atom. The van der Waals surface area contributed by atoms with Gasteiger partial charge in [0.1, 0.15) is 0 Å². The highest BCUT2D eigenvalue weighted by Crippen LogP contribution is 2.30. The van der Waals surface area contributed by atoms with Crippen LogP contribution in [0.1, 0.15) is 53.4 Å². The van der Waals surface area contributed by atoms with Crippen molar-refractivity contribution in [2.75, 3.05) is 20.6 Å². The molecular weight excluding hydrogens is 208 g/mol. The summed E-state index contributed by atoms with van der Waals surface area (Å²) in [5.41, 5.74) is 0.259. The van der Waals surface area contributed by atoms with Crippen LogP contribution in [0.3, 0.4) is 0 Å². The van der Waals surface area contributed by atoms with Crippen LogP contribution in [0.4, 0.5) is 0 Å². The monoisotopic (exact) mass is 240 g/mol. The van der Waals surface area contributed by atoms with Crippen molar-refractivity contribution < 1.29 is 0 Å². The van der Waals surface area contributed by atoms with Crippen LogP contribution in [0.5, 0.6) is 0 Å². The lowest BCUT2D eigenvalue weighted by atomic mass is 9.79. The summed E-state index contributed by atoms with van der Waals surface area (Å²) in [6, 6.07) is 0.754. The summed E-state index contributed by atoms with van der Waals surface area (Å²) >= 11 is 0. The predicted molar refractivity (Wildman–Crippen MR) is 76.4 cm³/mol. The molecule has 0 amide bonds. The highest BCUT2D eigenvalue weighted by atomic mass is 15.2. The number of hydrogen-bond acceptors (Lipinski definition) is 2. The van der Waals surface area contributed by atoms with Crippen molar-refractivity contribution in [1.82, 2.24) is 10.2 Å². The Kier molecular flexibility index (Phi) is 5.46. The van der Waals surface area contributed by atoms with Gasteiger partial charge in [-0.15, -0.1) is 0 Å². The highest BCUT2D eigenvalue weighted by molar-refractivity contribution is 4.84. The fourth-order valence-corrected chi connectivity index (χ4v) is 2.54. The van der Waals surface area contributed by atoms with Gasteiger partial charge in [-0.3, -0.25) is 0 Å². The van der Waals surface area contributed by atoms with Gasteiger partial charge in [-0.2, -0.15) is 0 Å². The van der Waals surface area contributed by atoms with Gasteiger partial charge in [-0.05, 0) is 65.5 Å². The quantitative estimate of drug-likeness (QED) is 0.794. The van der Waals surface area contributed by atoms with Crippen molar-refractivity contribution in [3.05, 3.63) is 0 Å². The number of nitrogens with zero attached hydrogens (tertiary/aromatic N) is 1. The lowest BCUT2D eigenvalue weighted by molar-refractivity contribution is 0.169. The molecule has 0 atom stereocenters. The van der Waals surface area contributed by atoms with Crippen LogP contribution >= 0.6 is 0 Å². The van der Waals surface area contributed by atoms with Gasteiger partial charge >= 0.3 is 0 Å². The molecule has 0 radical (unpaired) electrons. The number of nitrogens with one attached hydrogen (secondary N) is 1. The molecule has 102 valence electrons. The van der Waals surface area contributed by atoms with Crippen LogP contribution in [0.2, 0.25) is 0 Å². The molecule has 1 N–H and O–H groups in total. The average Bonchev–Trinajstić information content (AvgIpc) is 2.27. The van der Waals surface area contributed by atoms with E-state index in [0.717, 1.165) is 24.4 Å². The van der Waals surface area contributed by atoms with Crippen molar-refractivity contribution in [3.8, 4) is 0 Å². The van der Waals surface area contributed by atoms with Crippen molar-refractivity contribution in [3.63, 3.8) is 0 Å². The number of hydrogen-bond donors (Lipinski definition) is 1. The first-order valence-corrected chi connectivity index (χ1v) is 7.23. The fraction of sp³-hybridized carbons (Fsp3) is 1.00. The number of likely N-dealkylation sites (N-methyl/N-ethyl adjacent to an activating group) is 1. The fourth-order valence-electron chi connectivity index (χ4n) is 2.54. The zero-order valence-electron chi connectivity index (χ0n) is 12.7. The molecule has 2 nitrogen and oxygen atoms in total. The predicted octanol–water partition coefficient (Wildman–Crippen LogP) is 3.13. The molecule has 0 aliphatic heterocycles. The molecule has 17 heavy (non-hydrogen) atoms. The molecule has 1 fully saturated rings. The van der Waals surface area contributed by atoms with Crippen LogP contribution < -0.4 is 5.32 Å². The first-order valence-electron chi connectivity index (χ1n) is 7.23. The normalized spacial score (nSPS) is 26.8. The summed E-state index contributed by atoms with van der Waals surface area (Å²) in [4.78, 5) is 2.31. The Morgan fingerprint density at radius 2 is 1.65 bits per heavy atom. The third-order valence-electron chi connectivity index (χ3n) is 4.75. The summed E-state index contributed by atoms with van der Waals surface area (Å²) in [7, 11) is 4.33. The highest BCUT2D eigenvalue weighted by Gasteiger charge is 2.26. The van der Waals surface area contributed by atoms with Crippen LogP contribution in [0, 0.1) is 11.8 Å². The average molecular weight is 240 g/mol. The Morgan fingerprint density at radius 1 is 1.12 bits per heavy atom. The van der Waals surface area contributed by atoms with E-state index in [1.54, 1.807) is 0 Å². The van der Waals surface area contributed by atoms with Crippen molar-refractivity contribution in [1.29, 1.82) is 0 Å². The van der Waals surface area contributed by atoms with Gasteiger partial charge in [0.25, 0.3) is 0 Å². The van der Waals surface area contributed by atoms with Gasteiger partial charge in [-0.25, -0.2) is 0 Å². The third kappa shape index (κ3) is 4.59. The van der Waals surface area contributed by atoms with E-state index in [2.05, 4.69) is 52.0 Å². The molecule has 1 saturated carbocycles. The topological polar surface area (TPSA) is 15.3 Å². The van der Waals surface area contributed by atoms with Crippen LogP contribution in [0.25, 0.3) is 0 Å². The number of rotatable bonds is 5. The van der Waals surface area contributed by atoms with Gasteiger partial charge in [0.2, 0.25) is 0 Å². The minimum atomic E-state index is 0.259. The van der Waals surface area contributed by atoms with Crippen LogP contribution in [0.15, 0.2) is 0 Å². The first-order chi connectivity index (χ1) is 7.83. The second kappa shape index (κ2) is 6.19. The maximum Gasteiger partial charge on any atom is 0.0271 e. The molecule has 0 aromatic heterocycles. The van der Waals surface area contributed by atoms with Gasteiger partial charge in [0, 0.05) is 18.1 Å². The standard InChI is InChI=1S/C15H32N2/c1-12(2)13-7-9-14(10-8-13)16-11-15(3,4)17(5)6/h12-14,16H,7-11H2,1-6H3. The molecular formula is C15H32N2. The Labute approximate surface area is 108 Å². The molecule has 0 spiro atoms. The van der Waals surface area contributed by atoms with Crippen molar-refractivity contribution >= 4 is 0 Å². The molecule has 1 rings (SSSR count). The minimum absolute atomic E-state index is 0.259. The summed E-state index contributed by atoms with van der Waals surface area (Å²) < 4.78 is 0. The summed E-state index contributed by atoms with van der Waals surface area (Å²) in [6.07, 6.45) is 5.56. The van der Waals surface area contributed by atoms with E-state index in [-0.39, 0.29) is 5.54 Å². The smallest absolute Gasteiger partial charge is 0.0271 e. The van der Waals surface area contributed by atoms with Crippen LogP contribution in [-0.4, -0.2) is 37.1 Å². The second-order valence-electron chi connectivity index (χ2n) is 6.94. The van der Waals surface area contributed by atoms with E-state index >= 15 is 0 Å².